The van der Waals surface area contributed by atoms with Gasteiger partial charge in [-0.15, -0.1) is 0 Å². The number of benzene rings is 2. The van der Waals surface area contributed by atoms with Crippen molar-refractivity contribution in [3.63, 3.8) is 0 Å². The summed E-state index contributed by atoms with van der Waals surface area (Å²) in [6.45, 7) is 0. The van der Waals surface area contributed by atoms with E-state index >= 15 is 0 Å². The van der Waals surface area contributed by atoms with Crippen molar-refractivity contribution in [1.29, 1.82) is 0 Å². The molecular formula is C15H18Sn. The van der Waals surface area contributed by atoms with E-state index in [1.807, 2.05) is 0 Å². The Morgan fingerprint density at radius 2 is 1.31 bits per heavy atom. The van der Waals surface area contributed by atoms with E-state index in [1.54, 1.807) is 3.58 Å². The molecule has 0 aliphatic rings. The first-order valence-electron chi connectivity index (χ1n) is 5.73. The first-order chi connectivity index (χ1) is 7.57. The molecule has 2 aromatic carbocycles. The van der Waals surface area contributed by atoms with E-state index < -0.39 is 18.4 Å². The second-order valence-electron chi connectivity index (χ2n) is 5.20. The molecule has 0 aliphatic carbocycles. The van der Waals surface area contributed by atoms with Crippen LogP contribution in [-0.4, -0.2) is 18.4 Å². The van der Waals surface area contributed by atoms with Crippen molar-refractivity contribution in [3.8, 4) is 11.1 Å². The molecule has 0 aliphatic heterocycles. The molecule has 0 nitrogen and oxygen atoms in total. The summed E-state index contributed by atoms with van der Waals surface area (Å²) in [6.07, 6.45) is 0. The van der Waals surface area contributed by atoms with Crippen LogP contribution in [0.3, 0.4) is 0 Å². The summed E-state index contributed by atoms with van der Waals surface area (Å²) in [4.78, 5) is 7.37. The maximum atomic E-state index is 2.46. The molecular weight excluding hydrogens is 299 g/mol. The minimum absolute atomic E-state index is 1.32. The van der Waals surface area contributed by atoms with Crippen LogP contribution in [0, 0.1) is 0 Å². The first-order valence-corrected chi connectivity index (χ1v) is 15.7. The fourth-order valence-corrected chi connectivity index (χ4v) is 5.18. The van der Waals surface area contributed by atoms with Crippen molar-refractivity contribution in [1.82, 2.24) is 0 Å². The predicted octanol–water partition coefficient (Wildman–Crippen LogP) is 3.90. The second kappa shape index (κ2) is 4.62. The molecule has 0 bridgehead atoms. The Hall–Kier alpha value is -0.761. The molecule has 2 rings (SSSR count). The Balaban J connectivity index is 2.45. The zero-order valence-electron chi connectivity index (χ0n) is 10.2. The Labute approximate surface area is 102 Å². The van der Waals surface area contributed by atoms with Crippen LogP contribution < -0.4 is 3.58 Å². The summed E-state index contributed by atoms with van der Waals surface area (Å²) < 4.78 is 1.59. The van der Waals surface area contributed by atoms with Crippen molar-refractivity contribution in [3.05, 3.63) is 54.6 Å². The fraction of sp³-hybridized carbons (Fsp3) is 0.200. The second-order valence-corrected chi connectivity index (χ2v) is 19.7. The third-order valence-electron chi connectivity index (χ3n) is 2.84. The van der Waals surface area contributed by atoms with Gasteiger partial charge < -0.3 is 0 Å². The summed E-state index contributed by atoms with van der Waals surface area (Å²) in [7, 11) is 0. The van der Waals surface area contributed by atoms with Crippen LogP contribution in [0.5, 0.6) is 0 Å². The van der Waals surface area contributed by atoms with Gasteiger partial charge in [-0.3, -0.25) is 0 Å². The van der Waals surface area contributed by atoms with E-state index in [9.17, 15) is 0 Å². The van der Waals surface area contributed by atoms with Crippen molar-refractivity contribution >= 4 is 22.0 Å². The third kappa shape index (κ3) is 2.67. The van der Waals surface area contributed by atoms with E-state index in [-0.39, 0.29) is 0 Å². The molecule has 0 aromatic heterocycles. The van der Waals surface area contributed by atoms with Gasteiger partial charge in [-0.1, -0.05) is 0 Å². The molecule has 0 saturated heterocycles. The Morgan fingerprint density at radius 3 is 1.94 bits per heavy atom. The first kappa shape index (κ1) is 11.7. The van der Waals surface area contributed by atoms with Crippen LogP contribution in [-0.2, 0) is 0 Å². The van der Waals surface area contributed by atoms with Gasteiger partial charge in [0.15, 0.2) is 0 Å². The molecule has 82 valence electrons. The molecule has 0 spiro atoms. The van der Waals surface area contributed by atoms with Gasteiger partial charge in [0.05, 0.1) is 0 Å². The van der Waals surface area contributed by atoms with Gasteiger partial charge in [-0.25, -0.2) is 0 Å². The number of rotatable bonds is 2. The quantitative estimate of drug-likeness (QED) is 0.737. The van der Waals surface area contributed by atoms with Crippen LogP contribution in [0.25, 0.3) is 11.1 Å². The van der Waals surface area contributed by atoms with Gasteiger partial charge in [0.25, 0.3) is 0 Å². The molecule has 0 fully saturated rings. The van der Waals surface area contributed by atoms with Crippen molar-refractivity contribution in [2.75, 3.05) is 0 Å². The molecule has 0 amide bonds. The number of hydrogen-bond acceptors (Lipinski definition) is 0. The summed E-state index contributed by atoms with van der Waals surface area (Å²) >= 11 is -1.92. The summed E-state index contributed by atoms with van der Waals surface area (Å²) in [5.74, 6) is 0. The SMILES string of the molecule is [CH3][Sn]([CH3])([CH3])[c]1cccc(-c2ccccc2)c1. The van der Waals surface area contributed by atoms with Crippen LogP contribution in [0.2, 0.25) is 14.8 Å². The molecule has 0 heterocycles. The fourth-order valence-electron chi connectivity index (χ4n) is 1.80. The van der Waals surface area contributed by atoms with Gasteiger partial charge in [0.2, 0.25) is 0 Å². The average molecular weight is 317 g/mol. The minimum atomic E-state index is -1.92. The van der Waals surface area contributed by atoms with Gasteiger partial charge in [0.1, 0.15) is 0 Å². The van der Waals surface area contributed by atoms with Gasteiger partial charge in [0, 0.05) is 0 Å². The van der Waals surface area contributed by atoms with Crippen LogP contribution in [0.1, 0.15) is 0 Å². The topological polar surface area (TPSA) is 0 Å². The standard InChI is InChI=1S/C12H9.3CH3.Sn/c1-3-7-11(8-4-1)12-9-5-2-6-10-12;;;;/h1-5,7-10H;3*1H3;. The Kier molecular flexibility index (Phi) is 3.38. The van der Waals surface area contributed by atoms with E-state index in [0.717, 1.165) is 0 Å². The van der Waals surface area contributed by atoms with E-state index in [1.165, 1.54) is 11.1 Å². The van der Waals surface area contributed by atoms with E-state index in [0.29, 0.717) is 0 Å². The third-order valence-corrected chi connectivity index (χ3v) is 8.67. The monoisotopic (exact) mass is 318 g/mol. The molecule has 0 atom stereocenters. The van der Waals surface area contributed by atoms with E-state index in [4.69, 9.17) is 0 Å². The summed E-state index contributed by atoms with van der Waals surface area (Å²) in [5, 5.41) is 0. The van der Waals surface area contributed by atoms with E-state index in [2.05, 4.69) is 69.4 Å². The van der Waals surface area contributed by atoms with Crippen molar-refractivity contribution < 1.29 is 0 Å². The average Bonchev–Trinajstić information content (AvgIpc) is 2.29. The zero-order valence-corrected chi connectivity index (χ0v) is 13.1. The van der Waals surface area contributed by atoms with Crippen LogP contribution in [0.4, 0.5) is 0 Å². The predicted molar refractivity (Wildman–Crippen MR) is 74.9 cm³/mol. The zero-order chi connectivity index (χ0) is 11.6. The van der Waals surface area contributed by atoms with Crippen molar-refractivity contribution in [2.45, 2.75) is 14.8 Å². The Bertz CT molecular complexity index is 466. The Morgan fingerprint density at radius 1 is 0.688 bits per heavy atom. The summed E-state index contributed by atoms with van der Waals surface area (Å²) in [5.41, 5.74) is 2.67. The van der Waals surface area contributed by atoms with Crippen molar-refractivity contribution in [2.24, 2.45) is 0 Å². The van der Waals surface area contributed by atoms with Crippen LogP contribution in [0.15, 0.2) is 54.6 Å². The van der Waals surface area contributed by atoms with Gasteiger partial charge >= 0.3 is 102 Å². The van der Waals surface area contributed by atoms with Crippen LogP contribution >= 0.6 is 0 Å². The number of hydrogen-bond donors (Lipinski definition) is 0. The normalized spacial score (nSPS) is 11.4. The molecule has 2 aromatic rings. The molecule has 0 saturated carbocycles. The van der Waals surface area contributed by atoms with Gasteiger partial charge in [-0.05, 0) is 0 Å². The molecule has 16 heavy (non-hydrogen) atoms. The maximum absolute atomic E-state index is 2.46. The molecule has 0 unspecified atom stereocenters. The molecule has 0 radical (unpaired) electrons. The summed E-state index contributed by atoms with van der Waals surface area (Å²) in [6, 6.07) is 19.7. The molecule has 0 N–H and O–H groups in total. The van der Waals surface area contributed by atoms with Gasteiger partial charge in [-0.2, -0.15) is 0 Å². The molecule has 1 heteroatoms.